The SMILES string of the molecule is N#C[C@@H](C[C@@H]1CCCNC1=O)C1(C(N)=O)NCC2CCCC21. The third-order valence-corrected chi connectivity index (χ3v) is 5.93. The Kier molecular flexibility index (Phi) is 4.09. The number of piperidine rings is 1. The Labute approximate surface area is 130 Å². The number of carbonyl (C=O) groups is 2. The molecular formula is C16H24N4O2. The van der Waals surface area contributed by atoms with Gasteiger partial charge in [-0.05, 0) is 50.5 Å². The molecule has 3 fully saturated rings. The van der Waals surface area contributed by atoms with E-state index in [-0.39, 0.29) is 17.7 Å². The van der Waals surface area contributed by atoms with Crippen molar-refractivity contribution in [2.45, 2.75) is 44.1 Å². The molecule has 3 unspecified atom stereocenters. The summed E-state index contributed by atoms with van der Waals surface area (Å²) in [6, 6.07) is 2.30. The lowest BCUT2D eigenvalue weighted by molar-refractivity contribution is -0.131. The summed E-state index contributed by atoms with van der Waals surface area (Å²) in [5.41, 5.74) is 4.80. The molecule has 2 amide bonds. The summed E-state index contributed by atoms with van der Waals surface area (Å²) in [7, 11) is 0. The molecule has 2 heterocycles. The van der Waals surface area contributed by atoms with Crippen LogP contribution in [0.25, 0.3) is 0 Å². The molecule has 5 atom stereocenters. The van der Waals surface area contributed by atoms with E-state index in [0.717, 1.165) is 38.6 Å². The summed E-state index contributed by atoms with van der Waals surface area (Å²) in [6.45, 7) is 1.46. The molecule has 6 nitrogen and oxygen atoms in total. The second-order valence-corrected chi connectivity index (χ2v) is 6.96. The van der Waals surface area contributed by atoms with E-state index in [2.05, 4.69) is 16.7 Å². The van der Waals surface area contributed by atoms with Crippen LogP contribution in [0.2, 0.25) is 0 Å². The Morgan fingerprint density at radius 3 is 2.91 bits per heavy atom. The summed E-state index contributed by atoms with van der Waals surface area (Å²) in [5, 5.41) is 15.9. The van der Waals surface area contributed by atoms with E-state index in [1.165, 1.54) is 0 Å². The maximum atomic E-state index is 12.3. The van der Waals surface area contributed by atoms with Gasteiger partial charge in [-0.3, -0.25) is 9.59 Å². The highest BCUT2D eigenvalue weighted by Crippen LogP contribution is 2.48. The number of nitrogens with zero attached hydrogens (tertiary/aromatic N) is 1. The quantitative estimate of drug-likeness (QED) is 0.693. The molecule has 22 heavy (non-hydrogen) atoms. The van der Waals surface area contributed by atoms with Crippen molar-refractivity contribution in [3.8, 4) is 6.07 Å². The molecule has 1 saturated carbocycles. The normalized spacial score (nSPS) is 38.9. The molecule has 0 radical (unpaired) electrons. The van der Waals surface area contributed by atoms with Gasteiger partial charge in [-0.2, -0.15) is 5.26 Å². The van der Waals surface area contributed by atoms with Crippen LogP contribution < -0.4 is 16.4 Å². The third-order valence-electron chi connectivity index (χ3n) is 5.93. The number of nitrogens with one attached hydrogen (secondary N) is 2. The molecule has 0 aromatic heterocycles. The number of hydrogen-bond donors (Lipinski definition) is 3. The molecule has 2 saturated heterocycles. The smallest absolute Gasteiger partial charge is 0.239 e. The molecule has 0 spiro atoms. The molecule has 3 rings (SSSR count). The highest BCUT2D eigenvalue weighted by Gasteiger charge is 2.58. The van der Waals surface area contributed by atoms with Gasteiger partial charge in [-0.15, -0.1) is 0 Å². The Balaban J connectivity index is 1.84. The molecule has 3 aliphatic rings. The number of hydrogen-bond acceptors (Lipinski definition) is 4. The van der Waals surface area contributed by atoms with Gasteiger partial charge in [0.15, 0.2) is 0 Å². The maximum absolute atomic E-state index is 12.3. The van der Waals surface area contributed by atoms with E-state index in [9.17, 15) is 14.9 Å². The molecule has 0 aromatic rings. The van der Waals surface area contributed by atoms with Crippen LogP contribution in [0.3, 0.4) is 0 Å². The van der Waals surface area contributed by atoms with E-state index < -0.39 is 17.4 Å². The van der Waals surface area contributed by atoms with Crippen LogP contribution in [0.1, 0.15) is 38.5 Å². The fraction of sp³-hybridized carbons (Fsp3) is 0.812. The van der Waals surface area contributed by atoms with Gasteiger partial charge in [-0.1, -0.05) is 6.42 Å². The first-order valence-corrected chi connectivity index (χ1v) is 8.32. The van der Waals surface area contributed by atoms with Crippen molar-refractivity contribution in [2.24, 2.45) is 29.4 Å². The maximum Gasteiger partial charge on any atom is 0.239 e. The minimum Gasteiger partial charge on any atom is -0.368 e. The Morgan fingerprint density at radius 1 is 1.41 bits per heavy atom. The monoisotopic (exact) mass is 304 g/mol. The lowest BCUT2D eigenvalue weighted by Gasteiger charge is -2.37. The summed E-state index contributed by atoms with van der Waals surface area (Å²) in [5.74, 6) is -0.564. The van der Waals surface area contributed by atoms with E-state index in [1.54, 1.807) is 0 Å². The van der Waals surface area contributed by atoms with Gasteiger partial charge in [0.2, 0.25) is 11.8 Å². The third kappa shape index (κ3) is 2.28. The van der Waals surface area contributed by atoms with E-state index >= 15 is 0 Å². The van der Waals surface area contributed by atoms with Crippen molar-refractivity contribution < 1.29 is 9.59 Å². The standard InChI is InChI=1S/C16H24N4O2/c17-8-12(7-10-4-2-6-19-14(10)21)16(15(18)22)13-5-1-3-11(13)9-20-16/h10-13,20H,1-7,9H2,(H2,18,22)(H,19,21)/t10-,11?,12+,13?,16?/m0/s1. The molecule has 4 N–H and O–H groups in total. The number of primary amides is 1. The topological polar surface area (TPSA) is 108 Å². The van der Waals surface area contributed by atoms with Crippen molar-refractivity contribution in [2.75, 3.05) is 13.1 Å². The first-order valence-electron chi connectivity index (χ1n) is 8.32. The first-order chi connectivity index (χ1) is 10.6. The largest absolute Gasteiger partial charge is 0.368 e. The van der Waals surface area contributed by atoms with Gasteiger partial charge in [0.1, 0.15) is 5.54 Å². The number of fused-ring (bicyclic) bond motifs is 1. The van der Waals surface area contributed by atoms with Gasteiger partial charge >= 0.3 is 0 Å². The summed E-state index contributed by atoms with van der Waals surface area (Å²) in [6.07, 6.45) is 5.25. The van der Waals surface area contributed by atoms with Gasteiger partial charge in [-0.25, -0.2) is 0 Å². The van der Waals surface area contributed by atoms with E-state index in [0.29, 0.717) is 18.9 Å². The van der Waals surface area contributed by atoms with Gasteiger partial charge in [0.05, 0.1) is 12.0 Å². The predicted molar refractivity (Wildman–Crippen MR) is 80.2 cm³/mol. The van der Waals surface area contributed by atoms with Gasteiger partial charge in [0.25, 0.3) is 0 Å². The summed E-state index contributed by atoms with van der Waals surface area (Å²) < 4.78 is 0. The van der Waals surface area contributed by atoms with Gasteiger partial charge in [0, 0.05) is 12.5 Å². The average molecular weight is 304 g/mol. The van der Waals surface area contributed by atoms with Crippen LogP contribution in [0, 0.1) is 35.0 Å². The zero-order valence-electron chi connectivity index (χ0n) is 12.8. The lowest BCUT2D eigenvalue weighted by Crippen LogP contribution is -2.61. The molecule has 0 aromatic carbocycles. The second-order valence-electron chi connectivity index (χ2n) is 6.96. The van der Waals surface area contributed by atoms with Crippen LogP contribution in [0.15, 0.2) is 0 Å². The summed E-state index contributed by atoms with van der Waals surface area (Å²) in [4.78, 5) is 24.3. The van der Waals surface area contributed by atoms with E-state index in [4.69, 9.17) is 5.73 Å². The van der Waals surface area contributed by atoms with E-state index in [1.807, 2.05) is 0 Å². The van der Waals surface area contributed by atoms with Crippen molar-refractivity contribution in [1.29, 1.82) is 5.26 Å². The molecule has 2 aliphatic heterocycles. The molecule has 6 heteroatoms. The number of rotatable bonds is 4. The molecule has 0 bridgehead atoms. The zero-order valence-corrected chi connectivity index (χ0v) is 12.8. The minimum absolute atomic E-state index is 0.00656. The van der Waals surface area contributed by atoms with Gasteiger partial charge < -0.3 is 16.4 Å². The van der Waals surface area contributed by atoms with Crippen molar-refractivity contribution in [3.05, 3.63) is 0 Å². The number of nitriles is 1. The van der Waals surface area contributed by atoms with Crippen LogP contribution in [-0.2, 0) is 9.59 Å². The highest BCUT2D eigenvalue weighted by molar-refractivity contribution is 5.87. The highest BCUT2D eigenvalue weighted by atomic mass is 16.2. The predicted octanol–water partition coefficient (Wildman–Crippen LogP) is 0.286. The number of amides is 2. The lowest BCUT2D eigenvalue weighted by atomic mass is 9.69. The van der Waals surface area contributed by atoms with Crippen LogP contribution in [0.4, 0.5) is 0 Å². The molecular weight excluding hydrogens is 280 g/mol. The Bertz CT molecular complexity index is 515. The molecule has 120 valence electrons. The molecule has 1 aliphatic carbocycles. The van der Waals surface area contributed by atoms with Crippen LogP contribution >= 0.6 is 0 Å². The van der Waals surface area contributed by atoms with Crippen molar-refractivity contribution >= 4 is 11.8 Å². The summed E-state index contributed by atoms with van der Waals surface area (Å²) >= 11 is 0. The minimum atomic E-state index is -0.951. The van der Waals surface area contributed by atoms with Crippen LogP contribution in [0.5, 0.6) is 0 Å². The fourth-order valence-corrected chi connectivity index (χ4v) is 4.82. The first kappa shape index (κ1) is 15.3. The number of carbonyl (C=O) groups excluding carboxylic acids is 2. The van der Waals surface area contributed by atoms with Crippen molar-refractivity contribution in [3.63, 3.8) is 0 Å². The average Bonchev–Trinajstić information content (AvgIpc) is 3.09. The second kappa shape index (κ2) is 5.88. The van der Waals surface area contributed by atoms with Crippen LogP contribution in [-0.4, -0.2) is 30.4 Å². The van der Waals surface area contributed by atoms with Crippen molar-refractivity contribution in [1.82, 2.24) is 10.6 Å². The number of nitrogens with two attached hydrogens (primary N) is 1. The zero-order chi connectivity index (χ0) is 15.7. The Hall–Kier alpha value is -1.61. The fourth-order valence-electron chi connectivity index (χ4n) is 4.82. The Morgan fingerprint density at radius 2 is 2.23 bits per heavy atom.